The lowest BCUT2D eigenvalue weighted by Crippen LogP contribution is -2.57. The Morgan fingerprint density at radius 1 is 0.623 bits per heavy atom. The number of ether oxygens (including phenoxy) is 4. The molecule has 0 aromatic heterocycles. The maximum atomic E-state index is 12.4. The van der Waals surface area contributed by atoms with Gasteiger partial charge in [0, 0.05) is 45.9 Å². The first-order valence-corrected chi connectivity index (χ1v) is 17.7. The third-order valence-corrected chi connectivity index (χ3v) is 8.02. The summed E-state index contributed by atoms with van der Waals surface area (Å²) in [5.41, 5.74) is 0.504. The van der Waals surface area contributed by atoms with Crippen molar-refractivity contribution in [3.63, 3.8) is 0 Å². The van der Waals surface area contributed by atoms with Crippen LogP contribution in [0.4, 0.5) is 19.2 Å². The third kappa shape index (κ3) is 14.8. The van der Waals surface area contributed by atoms with Crippen LogP contribution in [0.1, 0.15) is 65.5 Å². The number of amides is 4. The summed E-state index contributed by atoms with van der Waals surface area (Å²) in [6.07, 6.45) is -1.85. The molecule has 2 heterocycles. The van der Waals surface area contributed by atoms with Gasteiger partial charge < -0.3 is 48.8 Å². The van der Waals surface area contributed by atoms with Crippen LogP contribution in [0, 0.1) is 0 Å². The Morgan fingerprint density at radius 2 is 1.02 bits per heavy atom. The van der Waals surface area contributed by atoms with Gasteiger partial charge >= 0.3 is 30.3 Å². The second kappa shape index (κ2) is 19.7. The number of hydrogen-bond acceptors (Lipinski definition) is 10. The average molecular weight is 743 g/mol. The average Bonchev–Trinajstić information content (AvgIpc) is 3.09. The van der Waals surface area contributed by atoms with Crippen LogP contribution in [0.2, 0.25) is 0 Å². The van der Waals surface area contributed by atoms with Gasteiger partial charge in [0.15, 0.2) is 0 Å². The van der Waals surface area contributed by atoms with Crippen molar-refractivity contribution < 1.29 is 53.1 Å². The first kappa shape index (κ1) is 42.4. The van der Waals surface area contributed by atoms with Crippen LogP contribution < -0.4 is 0 Å². The highest BCUT2D eigenvalue weighted by Gasteiger charge is 2.37. The van der Waals surface area contributed by atoms with Crippen molar-refractivity contribution in [2.24, 2.45) is 0 Å². The van der Waals surface area contributed by atoms with E-state index in [1.165, 1.54) is 9.80 Å². The highest BCUT2D eigenvalue weighted by molar-refractivity contribution is 5.74. The zero-order chi connectivity index (χ0) is 39.2. The number of carbonyl (C=O) groups excluding carboxylic acids is 4. The minimum absolute atomic E-state index is 0.0726. The van der Waals surface area contributed by atoms with Crippen LogP contribution in [0.5, 0.6) is 0 Å². The zero-order valence-electron chi connectivity index (χ0n) is 31.6. The molecule has 2 aromatic carbocycles. The highest BCUT2D eigenvalue weighted by atomic mass is 16.6. The predicted molar refractivity (Wildman–Crippen MR) is 194 cm³/mol. The largest absolute Gasteiger partial charge is 0.481 e. The van der Waals surface area contributed by atoms with Gasteiger partial charge in [-0.2, -0.15) is 0 Å². The van der Waals surface area contributed by atoms with E-state index in [1.54, 1.807) is 30.6 Å². The minimum atomic E-state index is -1.05. The molecule has 2 aliphatic rings. The molecule has 292 valence electrons. The third-order valence-electron chi connectivity index (χ3n) is 8.02. The molecule has 0 radical (unpaired) electrons. The van der Waals surface area contributed by atoms with Gasteiger partial charge in [-0.1, -0.05) is 60.7 Å². The smallest absolute Gasteiger partial charge is 0.410 e. The molecule has 2 aliphatic heterocycles. The molecule has 4 amide bonds. The molecule has 2 atom stereocenters. The van der Waals surface area contributed by atoms with E-state index in [0.717, 1.165) is 11.1 Å². The summed E-state index contributed by atoms with van der Waals surface area (Å²) in [6, 6.07) is 17.8. The van der Waals surface area contributed by atoms with Gasteiger partial charge in [-0.3, -0.25) is 4.79 Å². The molecule has 0 spiro atoms. The molecule has 4 rings (SSSR count). The van der Waals surface area contributed by atoms with Crippen LogP contribution in [0.3, 0.4) is 0 Å². The maximum Gasteiger partial charge on any atom is 0.410 e. The number of aliphatic hydroxyl groups is 1. The van der Waals surface area contributed by atoms with Gasteiger partial charge in [0.25, 0.3) is 0 Å². The topological polar surface area (TPSA) is 176 Å². The van der Waals surface area contributed by atoms with E-state index in [1.807, 2.05) is 81.4 Å². The van der Waals surface area contributed by atoms with E-state index in [-0.39, 0.29) is 51.9 Å². The molecule has 0 unspecified atom stereocenters. The number of nitrogens with zero attached hydrogens (tertiary/aromatic N) is 4. The van der Waals surface area contributed by atoms with Crippen LogP contribution >= 0.6 is 0 Å². The summed E-state index contributed by atoms with van der Waals surface area (Å²) in [5, 5.41) is 18.5. The number of aliphatic carboxylic acids is 1. The molecular formula is C38H54N4O11. The molecular weight excluding hydrogens is 688 g/mol. The van der Waals surface area contributed by atoms with E-state index in [2.05, 4.69) is 0 Å². The molecule has 2 N–H and O–H groups in total. The highest BCUT2D eigenvalue weighted by Crippen LogP contribution is 2.20. The van der Waals surface area contributed by atoms with Gasteiger partial charge in [0.1, 0.15) is 24.4 Å². The lowest BCUT2D eigenvalue weighted by atomic mass is 10.1. The van der Waals surface area contributed by atoms with E-state index in [0.29, 0.717) is 26.1 Å². The second-order valence-corrected chi connectivity index (χ2v) is 14.7. The van der Waals surface area contributed by atoms with Gasteiger partial charge in [-0.15, -0.1) is 0 Å². The van der Waals surface area contributed by atoms with E-state index in [4.69, 9.17) is 24.1 Å². The Bertz CT molecular complexity index is 1490. The van der Waals surface area contributed by atoms with Crippen molar-refractivity contribution in [1.82, 2.24) is 19.6 Å². The Hall–Kier alpha value is -5.05. The molecule has 0 saturated carbocycles. The van der Waals surface area contributed by atoms with Crippen LogP contribution in [-0.2, 0) is 37.0 Å². The quantitative estimate of drug-likeness (QED) is 0.334. The van der Waals surface area contributed by atoms with E-state index >= 15 is 0 Å². The van der Waals surface area contributed by atoms with Crippen molar-refractivity contribution in [2.75, 3.05) is 45.9 Å². The Labute approximate surface area is 311 Å². The molecule has 0 aliphatic carbocycles. The summed E-state index contributed by atoms with van der Waals surface area (Å²) in [4.78, 5) is 66.6. The standard InChI is InChI=1S/C19H26N2O6.C19H28N2O5/c1-19(2,3)27-18(25)21-10-9-20(12-15(21)11-16(22)23)17(24)26-13-14-7-5-4-6-8-14;1-19(2,3)26-18(24)21-11-10-20(13-16(21)9-12-22)17(23)25-14-15-7-5-4-6-8-15/h4-8,15H,9-13H2,1-3H3,(H,22,23);4-8,16,22H,9-14H2,1-3H3/t15-;16-/m00/s1. The summed E-state index contributed by atoms with van der Waals surface area (Å²) in [5.74, 6) is -1.05. The van der Waals surface area contributed by atoms with Crippen molar-refractivity contribution in [3.8, 4) is 0 Å². The fourth-order valence-electron chi connectivity index (χ4n) is 5.56. The van der Waals surface area contributed by atoms with Crippen LogP contribution in [0.15, 0.2) is 60.7 Å². The number of carbonyl (C=O) groups is 5. The fraction of sp³-hybridized carbons (Fsp3) is 0.553. The normalized spacial score (nSPS) is 17.6. The monoisotopic (exact) mass is 742 g/mol. The van der Waals surface area contributed by atoms with Gasteiger partial charge in [0.05, 0.1) is 18.5 Å². The molecule has 15 heteroatoms. The molecule has 2 fully saturated rings. The van der Waals surface area contributed by atoms with Crippen molar-refractivity contribution in [3.05, 3.63) is 71.8 Å². The van der Waals surface area contributed by atoms with Gasteiger partial charge in [-0.05, 0) is 59.1 Å². The number of rotatable bonds is 8. The fourth-order valence-corrected chi connectivity index (χ4v) is 5.56. The molecule has 2 saturated heterocycles. The maximum absolute atomic E-state index is 12.4. The van der Waals surface area contributed by atoms with Crippen LogP contribution in [0.25, 0.3) is 0 Å². The number of hydrogen-bond donors (Lipinski definition) is 2. The predicted octanol–water partition coefficient (Wildman–Crippen LogP) is 5.35. The number of aliphatic hydroxyl groups excluding tert-OH is 1. The summed E-state index contributed by atoms with van der Waals surface area (Å²) >= 11 is 0. The molecule has 53 heavy (non-hydrogen) atoms. The van der Waals surface area contributed by atoms with Crippen molar-refractivity contribution in [2.45, 2.75) is 90.9 Å². The van der Waals surface area contributed by atoms with Crippen molar-refractivity contribution >= 4 is 30.3 Å². The zero-order valence-corrected chi connectivity index (χ0v) is 31.6. The molecule has 15 nitrogen and oxygen atoms in total. The molecule has 2 aromatic rings. The van der Waals surface area contributed by atoms with Crippen molar-refractivity contribution in [1.29, 1.82) is 0 Å². The summed E-state index contributed by atoms with van der Waals surface area (Å²) in [6.45, 7) is 12.5. The van der Waals surface area contributed by atoms with Gasteiger partial charge in [0.2, 0.25) is 0 Å². The number of piperazine rings is 2. The van der Waals surface area contributed by atoms with E-state index < -0.39 is 47.6 Å². The summed E-state index contributed by atoms with van der Waals surface area (Å²) < 4.78 is 21.4. The summed E-state index contributed by atoms with van der Waals surface area (Å²) in [7, 11) is 0. The van der Waals surface area contributed by atoms with Crippen LogP contribution in [-0.4, -0.2) is 129 Å². The number of carboxylic acids is 1. The molecule has 0 bridgehead atoms. The lowest BCUT2D eigenvalue weighted by Gasteiger charge is -2.41. The first-order valence-electron chi connectivity index (χ1n) is 17.7. The SMILES string of the molecule is CC(C)(C)OC(=O)N1CCN(C(=O)OCc2ccccc2)C[C@@H]1CC(=O)O.CC(C)(C)OC(=O)N1CCN(C(=O)OCc2ccccc2)C[C@@H]1CCO. The Balaban J connectivity index is 0.000000286. The van der Waals surface area contributed by atoms with Gasteiger partial charge in [-0.25, -0.2) is 19.2 Å². The Kier molecular flexibility index (Phi) is 15.7. The minimum Gasteiger partial charge on any atom is -0.481 e. The Morgan fingerprint density at radius 3 is 1.40 bits per heavy atom. The number of benzene rings is 2. The second-order valence-electron chi connectivity index (χ2n) is 14.7. The van der Waals surface area contributed by atoms with E-state index in [9.17, 15) is 29.1 Å². The lowest BCUT2D eigenvalue weighted by molar-refractivity contribution is -0.138. The number of carboxylic acid groups (broad SMARTS) is 1. The first-order chi connectivity index (χ1) is 25.0.